The van der Waals surface area contributed by atoms with Gasteiger partial charge in [0.1, 0.15) is 5.82 Å². The van der Waals surface area contributed by atoms with Gasteiger partial charge in [0.2, 0.25) is 0 Å². The predicted octanol–water partition coefficient (Wildman–Crippen LogP) is 2.61. The highest BCUT2D eigenvalue weighted by Gasteiger charge is 2.17. The molecule has 1 aliphatic rings. The first-order chi connectivity index (χ1) is 9.24. The van der Waals surface area contributed by atoms with E-state index >= 15 is 0 Å². The zero-order chi connectivity index (χ0) is 13.2. The minimum atomic E-state index is -0.187. The Kier molecular flexibility index (Phi) is 3.34. The van der Waals surface area contributed by atoms with E-state index in [4.69, 9.17) is 0 Å². The number of benzene rings is 1. The molecule has 1 unspecified atom stereocenters. The van der Waals surface area contributed by atoms with Gasteiger partial charge in [0, 0.05) is 23.9 Å². The lowest BCUT2D eigenvalue weighted by atomic mass is 10.1. The standard InChI is InChI=1S/C15H18FN3/c1-11-14(13-4-2-3-5-15(13)16)10-19(18-11)9-12-6-7-17-8-12/h2-5,10,12,17H,6-9H2,1H3. The Morgan fingerprint density at radius 3 is 2.95 bits per heavy atom. The van der Waals surface area contributed by atoms with Gasteiger partial charge in [0.15, 0.2) is 0 Å². The summed E-state index contributed by atoms with van der Waals surface area (Å²) in [5, 5.41) is 7.87. The Morgan fingerprint density at radius 1 is 1.37 bits per heavy atom. The summed E-state index contributed by atoms with van der Waals surface area (Å²) in [4.78, 5) is 0. The first-order valence-electron chi connectivity index (χ1n) is 6.73. The maximum atomic E-state index is 13.8. The van der Waals surface area contributed by atoms with Crippen molar-refractivity contribution in [3.05, 3.63) is 42.0 Å². The average Bonchev–Trinajstić information content (AvgIpc) is 3.01. The molecule has 0 saturated carbocycles. The average molecular weight is 259 g/mol. The van der Waals surface area contributed by atoms with Gasteiger partial charge in [-0.05, 0) is 38.4 Å². The van der Waals surface area contributed by atoms with Crippen molar-refractivity contribution in [2.45, 2.75) is 19.9 Å². The van der Waals surface area contributed by atoms with Crippen molar-refractivity contribution >= 4 is 0 Å². The fourth-order valence-corrected chi connectivity index (χ4v) is 2.69. The number of nitrogens with zero attached hydrogens (tertiary/aromatic N) is 2. The largest absolute Gasteiger partial charge is 0.316 e. The lowest BCUT2D eigenvalue weighted by molar-refractivity contribution is 0.448. The number of aromatic nitrogens is 2. The summed E-state index contributed by atoms with van der Waals surface area (Å²) in [5.74, 6) is 0.445. The third kappa shape index (κ3) is 2.54. The molecule has 100 valence electrons. The van der Waals surface area contributed by atoms with Crippen molar-refractivity contribution in [3.63, 3.8) is 0 Å². The van der Waals surface area contributed by atoms with Crippen LogP contribution in [0.2, 0.25) is 0 Å². The third-order valence-corrected chi connectivity index (χ3v) is 3.72. The fourth-order valence-electron chi connectivity index (χ4n) is 2.69. The van der Waals surface area contributed by atoms with Gasteiger partial charge < -0.3 is 5.32 Å². The van der Waals surface area contributed by atoms with Crippen molar-refractivity contribution in [2.75, 3.05) is 13.1 Å². The monoisotopic (exact) mass is 259 g/mol. The molecule has 1 atom stereocenters. The molecule has 1 aromatic carbocycles. The van der Waals surface area contributed by atoms with E-state index in [1.807, 2.05) is 23.9 Å². The Balaban J connectivity index is 1.87. The van der Waals surface area contributed by atoms with E-state index < -0.39 is 0 Å². The highest BCUT2D eigenvalue weighted by molar-refractivity contribution is 5.65. The highest BCUT2D eigenvalue weighted by Crippen LogP contribution is 2.25. The molecule has 1 fully saturated rings. The van der Waals surface area contributed by atoms with Gasteiger partial charge in [0.25, 0.3) is 0 Å². The Morgan fingerprint density at radius 2 is 2.21 bits per heavy atom. The summed E-state index contributed by atoms with van der Waals surface area (Å²) >= 11 is 0. The van der Waals surface area contributed by atoms with Gasteiger partial charge >= 0.3 is 0 Å². The van der Waals surface area contributed by atoms with Gasteiger partial charge in [-0.1, -0.05) is 18.2 Å². The van der Waals surface area contributed by atoms with Crippen molar-refractivity contribution < 1.29 is 4.39 Å². The molecule has 1 aliphatic heterocycles. The molecule has 3 rings (SSSR count). The van der Waals surface area contributed by atoms with E-state index in [1.54, 1.807) is 12.1 Å². The van der Waals surface area contributed by atoms with Crippen LogP contribution in [0.4, 0.5) is 4.39 Å². The van der Waals surface area contributed by atoms with Crippen molar-refractivity contribution in [1.29, 1.82) is 0 Å². The summed E-state index contributed by atoms with van der Waals surface area (Å²) < 4.78 is 15.8. The Labute approximate surface area is 112 Å². The minimum absolute atomic E-state index is 0.187. The summed E-state index contributed by atoms with van der Waals surface area (Å²) in [6.45, 7) is 4.98. The van der Waals surface area contributed by atoms with E-state index in [2.05, 4.69) is 10.4 Å². The van der Waals surface area contributed by atoms with Crippen LogP contribution in [0.3, 0.4) is 0 Å². The first kappa shape index (κ1) is 12.4. The number of halogens is 1. The van der Waals surface area contributed by atoms with Gasteiger partial charge in [0.05, 0.1) is 5.69 Å². The lowest BCUT2D eigenvalue weighted by Gasteiger charge is -2.07. The van der Waals surface area contributed by atoms with Crippen molar-refractivity contribution in [3.8, 4) is 11.1 Å². The number of aryl methyl sites for hydroxylation is 1. The number of hydrogen-bond donors (Lipinski definition) is 1. The van der Waals surface area contributed by atoms with Crippen LogP contribution >= 0.6 is 0 Å². The maximum Gasteiger partial charge on any atom is 0.131 e. The number of nitrogens with one attached hydrogen (secondary N) is 1. The molecule has 3 nitrogen and oxygen atoms in total. The van der Waals surface area contributed by atoms with Gasteiger partial charge in [-0.2, -0.15) is 5.10 Å². The lowest BCUT2D eigenvalue weighted by Crippen LogP contribution is -2.14. The van der Waals surface area contributed by atoms with Gasteiger partial charge in [-0.15, -0.1) is 0 Å². The predicted molar refractivity (Wildman–Crippen MR) is 73.3 cm³/mol. The molecule has 0 aliphatic carbocycles. The molecule has 0 amide bonds. The van der Waals surface area contributed by atoms with Crippen molar-refractivity contribution in [2.24, 2.45) is 5.92 Å². The number of rotatable bonds is 3. The van der Waals surface area contributed by atoms with Crippen LogP contribution in [-0.2, 0) is 6.54 Å². The van der Waals surface area contributed by atoms with Gasteiger partial charge in [-0.3, -0.25) is 4.68 Å². The molecule has 19 heavy (non-hydrogen) atoms. The SMILES string of the molecule is Cc1nn(CC2CCNC2)cc1-c1ccccc1F. The van der Waals surface area contributed by atoms with Crippen LogP contribution in [0.25, 0.3) is 11.1 Å². The first-order valence-corrected chi connectivity index (χ1v) is 6.73. The summed E-state index contributed by atoms with van der Waals surface area (Å²) in [6, 6.07) is 6.87. The van der Waals surface area contributed by atoms with E-state index in [1.165, 1.54) is 12.5 Å². The Bertz CT molecular complexity index is 571. The summed E-state index contributed by atoms with van der Waals surface area (Å²) in [5.41, 5.74) is 2.41. The topological polar surface area (TPSA) is 29.9 Å². The van der Waals surface area contributed by atoms with Crippen molar-refractivity contribution in [1.82, 2.24) is 15.1 Å². The van der Waals surface area contributed by atoms with Crippen LogP contribution in [0.15, 0.2) is 30.5 Å². The van der Waals surface area contributed by atoms with Crippen LogP contribution in [0.1, 0.15) is 12.1 Å². The molecular formula is C15H18FN3. The van der Waals surface area contributed by atoms with Crippen LogP contribution < -0.4 is 5.32 Å². The second-order valence-corrected chi connectivity index (χ2v) is 5.19. The number of hydrogen-bond acceptors (Lipinski definition) is 2. The highest BCUT2D eigenvalue weighted by atomic mass is 19.1. The zero-order valence-corrected chi connectivity index (χ0v) is 11.1. The second-order valence-electron chi connectivity index (χ2n) is 5.19. The summed E-state index contributed by atoms with van der Waals surface area (Å²) in [7, 11) is 0. The molecule has 0 bridgehead atoms. The van der Waals surface area contributed by atoms with Crippen LogP contribution in [0.5, 0.6) is 0 Å². The molecule has 2 aromatic rings. The molecule has 0 radical (unpaired) electrons. The smallest absolute Gasteiger partial charge is 0.131 e. The molecule has 4 heteroatoms. The van der Waals surface area contributed by atoms with E-state index in [9.17, 15) is 4.39 Å². The van der Waals surface area contributed by atoms with Crippen LogP contribution in [-0.4, -0.2) is 22.9 Å². The maximum absolute atomic E-state index is 13.8. The Hall–Kier alpha value is -1.68. The van der Waals surface area contributed by atoms with E-state index in [0.717, 1.165) is 30.9 Å². The van der Waals surface area contributed by atoms with E-state index in [-0.39, 0.29) is 5.82 Å². The van der Waals surface area contributed by atoms with Gasteiger partial charge in [-0.25, -0.2) is 4.39 Å². The molecule has 0 spiro atoms. The molecule has 1 N–H and O–H groups in total. The second kappa shape index (κ2) is 5.13. The normalized spacial score (nSPS) is 18.9. The molecule has 1 saturated heterocycles. The molecule has 2 heterocycles. The van der Waals surface area contributed by atoms with E-state index in [0.29, 0.717) is 11.5 Å². The van der Waals surface area contributed by atoms with Crippen LogP contribution in [0, 0.1) is 18.7 Å². The quantitative estimate of drug-likeness (QED) is 0.918. The fraction of sp³-hybridized carbons (Fsp3) is 0.400. The molecular weight excluding hydrogens is 241 g/mol. The third-order valence-electron chi connectivity index (χ3n) is 3.72. The molecule has 1 aromatic heterocycles. The zero-order valence-electron chi connectivity index (χ0n) is 11.1. The minimum Gasteiger partial charge on any atom is -0.316 e. The summed E-state index contributed by atoms with van der Waals surface area (Å²) in [6.07, 6.45) is 3.15.